The van der Waals surface area contributed by atoms with Crippen molar-refractivity contribution in [1.82, 2.24) is 4.31 Å². The van der Waals surface area contributed by atoms with Crippen LogP contribution in [0.15, 0.2) is 29.2 Å². The van der Waals surface area contributed by atoms with Crippen LogP contribution in [0.2, 0.25) is 0 Å². The standard InChI is InChI=1S/C14H23NO2S/c1-4-5-6-7-9-13-10-8-11-14(12-13)18(16,17)15(2)3/h8,10-12H,4-7,9H2,1-3H3. The zero-order chi connectivity index (χ0) is 13.6. The molecule has 0 bridgehead atoms. The van der Waals surface area contributed by atoms with Gasteiger partial charge in [-0.05, 0) is 30.5 Å². The lowest BCUT2D eigenvalue weighted by molar-refractivity contribution is 0.520. The molecule has 0 N–H and O–H groups in total. The van der Waals surface area contributed by atoms with Crippen LogP contribution in [0.25, 0.3) is 0 Å². The molecule has 0 aromatic heterocycles. The van der Waals surface area contributed by atoms with Crippen molar-refractivity contribution in [1.29, 1.82) is 0 Å². The van der Waals surface area contributed by atoms with E-state index in [4.69, 9.17) is 0 Å². The van der Waals surface area contributed by atoms with Crippen LogP contribution in [0.5, 0.6) is 0 Å². The van der Waals surface area contributed by atoms with Crippen molar-refractivity contribution in [3.05, 3.63) is 29.8 Å². The monoisotopic (exact) mass is 269 g/mol. The maximum Gasteiger partial charge on any atom is 0.242 e. The van der Waals surface area contributed by atoms with Gasteiger partial charge in [-0.15, -0.1) is 0 Å². The summed E-state index contributed by atoms with van der Waals surface area (Å²) >= 11 is 0. The molecule has 1 aromatic carbocycles. The molecule has 0 radical (unpaired) electrons. The van der Waals surface area contributed by atoms with E-state index >= 15 is 0 Å². The van der Waals surface area contributed by atoms with E-state index in [-0.39, 0.29) is 0 Å². The normalized spacial score (nSPS) is 12.0. The van der Waals surface area contributed by atoms with Crippen molar-refractivity contribution < 1.29 is 8.42 Å². The molecule has 0 saturated carbocycles. The van der Waals surface area contributed by atoms with E-state index in [2.05, 4.69) is 6.92 Å². The zero-order valence-corrected chi connectivity index (χ0v) is 12.3. The van der Waals surface area contributed by atoms with Crippen LogP contribution in [0, 0.1) is 0 Å². The molecule has 1 rings (SSSR count). The number of benzene rings is 1. The molecule has 1 aromatic rings. The highest BCUT2D eigenvalue weighted by Crippen LogP contribution is 2.16. The average Bonchev–Trinajstić information content (AvgIpc) is 2.35. The number of hydrogen-bond donors (Lipinski definition) is 0. The fourth-order valence-electron chi connectivity index (χ4n) is 1.83. The SMILES string of the molecule is CCCCCCc1cccc(S(=O)(=O)N(C)C)c1. The van der Waals surface area contributed by atoms with E-state index in [1.165, 1.54) is 23.6 Å². The highest BCUT2D eigenvalue weighted by molar-refractivity contribution is 7.89. The molecule has 18 heavy (non-hydrogen) atoms. The average molecular weight is 269 g/mol. The first-order valence-corrected chi connectivity index (χ1v) is 7.94. The summed E-state index contributed by atoms with van der Waals surface area (Å²) in [4.78, 5) is 0.389. The van der Waals surface area contributed by atoms with Crippen LogP contribution in [0.1, 0.15) is 38.2 Å². The molecule has 0 heterocycles. The lowest BCUT2D eigenvalue weighted by atomic mass is 10.1. The first kappa shape index (κ1) is 15.2. The first-order chi connectivity index (χ1) is 8.48. The predicted molar refractivity (Wildman–Crippen MR) is 75.2 cm³/mol. The Bertz CT molecular complexity index is 466. The second-order valence-electron chi connectivity index (χ2n) is 4.75. The highest BCUT2D eigenvalue weighted by Gasteiger charge is 2.16. The van der Waals surface area contributed by atoms with Gasteiger partial charge in [0.05, 0.1) is 4.90 Å². The molecule has 0 aliphatic heterocycles. The van der Waals surface area contributed by atoms with Gasteiger partial charge in [0.25, 0.3) is 0 Å². The van der Waals surface area contributed by atoms with Crippen molar-refractivity contribution in [2.24, 2.45) is 0 Å². The van der Waals surface area contributed by atoms with E-state index in [1.54, 1.807) is 26.2 Å². The van der Waals surface area contributed by atoms with Gasteiger partial charge in [0.15, 0.2) is 0 Å². The van der Waals surface area contributed by atoms with Gasteiger partial charge in [0, 0.05) is 14.1 Å². The van der Waals surface area contributed by atoms with Gasteiger partial charge >= 0.3 is 0 Å². The van der Waals surface area contributed by atoms with Gasteiger partial charge in [-0.3, -0.25) is 0 Å². The largest absolute Gasteiger partial charge is 0.242 e. The Morgan fingerprint density at radius 1 is 1.11 bits per heavy atom. The summed E-state index contributed by atoms with van der Waals surface area (Å²) in [5, 5.41) is 0. The topological polar surface area (TPSA) is 37.4 Å². The molecule has 0 atom stereocenters. The van der Waals surface area contributed by atoms with Crippen LogP contribution in [-0.4, -0.2) is 26.8 Å². The van der Waals surface area contributed by atoms with Crippen molar-refractivity contribution in [3.63, 3.8) is 0 Å². The summed E-state index contributed by atoms with van der Waals surface area (Å²) in [6, 6.07) is 7.28. The van der Waals surface area contributed by atoms with Crippen LogP contribution >= 0.6 is 0 Å². The minimum Gasteiger partial charge on any atom is -0.207 e. The number of sulfonamides is 1. The lowest BCUT2D eigenvalue weighted by Gasteiger charge is -2.12. The lowest BCUT2D eigenvalue weighted by Crippen LogP contribution is -2.22. The van der Waals surface area contributed by atoms with E-state index < -0.39 is 10.0 Å². The van der Waals surface area contributed by atoms with Gasteiger partial charge < -0.3 is 0 Å². The third kappa shape index (κ3) is 4.10. The highest BCUT2D eigenvalue weighted by atomic mass is 32.2. The van der Waals surface area contributed by atoms with Gasteiger partial charge in [-0.1, -0.05) is 38.3 Å². The fourth-order valence-corrected chi connectivity index (χ4v) is 2.80. The maximum atomic E-state index is 12.0. The van der Waals surface area contributed by atoms with E-state index in [1.807, 2.05) is 12.1 Å². The molecule has 0 amide bonds. The molecule has 0 aliphatic rings. The maximum absolute atomic E-state index is 12.0. The van der Waals surface area contributed by atoms with Crippen molar-refractivity contribution in [2.75, 3.05) is 14.1 Å². The Morgan fingerprint density at radius 2 is 1.83 bits per heavy atom. The Kier molecular flexibility index (Phi) is 5.82. The summed E-state index contributed by atoms with van der Waals surface area (Å²) in [6.45, 7) is 2.18. The van der Waals surface area contributed by atoms with Crippen LogP contribution < -0.4 is 0 Å². The summed E-state index contributed by atoms with van der Waals surface area (Å²) in [6.07, 6.45) is 5.75. The number of nitrogens with zero attached hydrogens (tertiary/aromatic N) is 1. The number of aryl methyl sites for hydroxylation is 1. The zero-order valence-electron chi connectivity index (χ0n) is 11.5. The molecule has 102 valence electrons. The molecular formula is C14H23NO2S. The van der Waals surface area contributed by atoms with Gasteiger partial charge in [0.1, 0.15) is 0 Å². The second-order valence-corrected chi connectivity index (χ2v) is 6.90. The van der Waals surface area contributed by atoms with E-state index in [9.17, 15) is 8.42 Å². The Labute approximate surface area is 111 Å². The third-order valence-corrected chi connectivity index (χ3v) is 4.81. The Hall–Kier alpha value is -0.870. The summed E-state index contributed by atoms with van der Waals surface area (Å²) in [7, 11) is -0.184. The molecular weight excluding hydrogens is 246 g/mol. The second kappa shape index (κ2) is 6.90. The van der Waals surface area contributed by atoms with E-state index in [0.717, 1.165) is 18.4 Å². The fraction of sp³-hybridized carbons (Fsp3) is 0.571. The molecule has 0 aliphatic carbocycles. The minimum absolute atomic E-state index is 0.389. The quantitative estimate of drug-likeness (QED) is 0.713. The number of unbranched alkanes of at least 4 members (excludes halogenated alkanes) is 3. The summed E-state index contributed by atoms with van der Waals surface area (Å²) in [5.74, 6) is 0. The van der Waals surface area contributed by atoms with Gasteiger partial charge in [-0.2, -0.15) is 0 Å². The Balaban J connectivity index is 2.74. The summed E-state index contributed by atoms with van der Waals surface area (Å²) < 4.78 is 25.2. The predicted octanol–water partition coefficient (Wildman–Crippen LogP) is 3.06. The third-order valence-electron chi connectivity index (χ3n) is 3.00. The molecule has 0 fully saturated rings. The minimum atomic E-state index is -3.30. The van der Waals surface area contributed by atoms with Crippen molar-refractivity contribution >= 4 is 10.0 Å². The molecule has 3 nitrogen and oxygen atoms in total. The van der Waals surface area contributed by atoms with Crippen LogP contribution in [-0.2, 0) is 16.4 Å². The van der Waals surface area contributed by atoms with Crippen LogP contribution in [0.4, 0.5) is 0 Å². The first-order valence-electron chi connectivity index (χ1n) is 6.50. The molecule has 0 spiro atoms. The van der Waals surface area contributed by atoms with Gasteiger partial charge in [-0.25, -0.2) is 12.7 Å². The summed E-state index contributed by atoms with van der Waals surface area (Å²) in [5.41, 5.74) is 1.11. The van der Waals surface area contributed by atoms with E-state index in [0.29, 0.717) is 4.90 Å². The van der Waals surface area contributed by atoms with Crippen molar-refractivity contribution in [2.45, 2.75) is 43.9 Å². The Morgan fingerprint density at radius 3 is 2.44 bits per heavy atom. The molecule has 0 unspecified atom stereocenters. The smallest absolute Gasteiger partial charge is 0.207 e. The van der Waals surface area contributed by atoms with Crippen LogP contribution in [0.3, 0.4) is 0 Å². The molecule has 4 heteroatoms. The number of rotatable bonds is 7. The van der Waals surface area contributed by atoms with Crippen molar-refractivity contribution in [3.8, 4) is 0 Å². The van der Waals surface area contributed by atoms with Gasteiger partial charge in [0.2, 0.25) is 10.0 Å². The number of hydrogen-bond acceptors (Lipinski definition) is 2. The molecule has 0 saturated heterocycles.